The van der Waals surface area contributed by atoms with Gasteiger partial charge in [0.15, 0.2) is 5.65 Å². The highest BCUT2D eigenvalue weighted by Gasteiger charge is 2.26. The van der Waals surface area contributed by atoms with E-state index in [1.807, 2.05) is 6.92 Å². The largest absolute Gasteiger partial charge is 0.335 e. The lowest BCUT2D eigenvalue weighted by Crippen LogP contribution is -2.30. The fourth-order valence-corrected chi connectivity index (χ4v) is 2.98. The van der Waals surface area contributed by atoms with Crippen LogP contribution in [0.25, 0.3) is 11.2 Å². The summed E-state index contributed by atoms with van der Waals surface area (Å²) in [6.07, 6.45) is 5.75. The molecule has 0 saturated heterocycles. The van der Waals surface area contributed by atoms with Gasteiger partial charge in [-0.3, -0.25) is 4.79 Å². The van der Waals surface area contributed by atoms with E-state index in [0.29, 0.717) is 24.7 Å². The van der Waals surface area contributed by atoms with Gasteiger partial charge in [-0.2, -0.15) is 0 Å². The molecule has 25 heavy (non-hydrogen) atoms. The Morgan fingerprint density at radius 1 is 1.28 bits per heavy atom. The second kappa shape index (κ2) is 6.27. The van der Waals surface area contributed by atoms with Crippen LogP contribution < -0.4 is 0 Å². The van der Waals surface area contributed by atoms with Crippen molar-refractivity contribution in [3.05, 3.63) is 59.8 Å². The highest BCUT2D eigenvalue weighted by Crippen LogP contribution is 2.36. The number of halogens is 1. The number of rotatable bonds is 5. The maximum atomic E-state index is 13.0. The topological polar surface area (TPSA) is 51.0 Å². The molecule has 1 amide bonds. The number of benzene rings is 1. The van der Waals surface area contributed by atoms with Gasteiger partial charge in [-0.15, -0.1) is 0 Å². The maximum Gasteiger partial charge on any atom is 0.255 e. The third-order valence-corrected chi connectivity index (χ3v) is 4.56. The van der Waals surface area contributed by atoms with E-state index in [9.17, 15) is 9.18 Å². The van der Waals surface area contributed by atoms with Crippen LogP contribution in [0.1, 0.15) is 41.7 Å². The van der Waals surface area contributed by atoms with Gasteiger partial charge >= 0.3 is 0 Å². The molecule has 0 atom stereocenters. The molecule has 3 aromatic rings. The van der Waals surface area contributed by atoms with Gasteiger partial charge in [0.05, 0.1) is 11.9 Å². The van der Waals surface area contributed by atoms with Gasteiger partial charge in [-0.1, -0.05) is 12.1 Å². The first-order valence-corrected chi connectivity index (χ1v) is 8.52. The Morgan fingerprint density at radius 2 is 2.04 bits per heavy atom. The summed E-state index contributed by atoms with van der Waals surface area (Å²) in [7, 11) is 0. The lowest BCUT2D eigenvalue weighted by atomic mass is 10.2. The van der Waals surface area contributed by atoms with E-state index >= 15 is 0 Å². The third-order valence-electron chi connectivity index (χ3n) is 4.56. The third kappa shape index (κ3) is 3.12. The number of hydrogen-bond acceptors (Lipinski definition) is 3. The maximum absolute atomic E-state index is 13.0. The Balaban J connectivity index is 1.57. The molecule has 1 fully saturated rings. The van der Waals surface area contributed by atoms with Crippen molar-refractivity contribution < 1.29 is 9.18 Å². The van der Waals surface area contributed by atoms with Crippen molar-refractivity contribution in [1.82, 2.24) is 19.4 Å². The normalized spacial score (nSPS) is 14.0. The summed E-state index contributed by atoms with van der Waals surface area (Å²) < 4.78 is 15.1. The van der Waals surface area contributed by atoms with Crippen LogP contribution in [0.15, 0.2) is 42.9 Å². The fourth-order valence-electron chi connectivity index (χ4n) is 2.98. The Hall–Kier alpha value is -2.76. The van der Waals surface area contributed by atoms with E-state index in [4.69, 9.17) is 0 Å². The van der Waals surface area contributed by atoms with E-state index in [-0.39, 0.29) is 11.7 Å². The molecular formula is C19H19FN4O. The van der Waals surface area contributed by atoms with Gasteiger partial charge in [-0.05, 0) is 43.5 Å². The molecule has 6 heteroatoms. The molecule has 0 radical (unpaired) electrons. The number of carbonyl (C=O) groups is 1. The highest BCUT2D eigenvalue weighted by molar-refractivity contribution is 5.96. The Kier molecular flexibility index (Phi) is 3.95. The van der Waals surface area contributed by atoms with Gasteiger partial charge in [-0.25, -0.2) is 14.4 Å². The number of imidazole rings is 1. The molecule has 0 aliphatic heterocycles. The Labute approximate surface area is 145 Å². The van der Waals surface area contributed by atoms with Crippen LogP contribution >= 0.6 is 0 Å². The minimum atomic E-state index is -0.279. The molecule has 0 spiro atoms. The van der Waals surface area contributed by atoms with Crippen LogP contribution in [0.4, 0.5) is 4.39 Å². The molecule has 5 nitrogen and oxygen atoms in total. The second-order valence-electron chi connectivity index (χ2n) is 6.40. The van der Waals surface area contributed by atoms with Gasteiger partial charge in [0.1, 0.15) is 11.3 Å². The zero-order valence-electron chi connectivity index (χ0n) is 14.0. The summed E-state index contributed by atoms with van der Waals surface area (Å²) in [6.45, 7) is 2.92. The van der Waals surface area contributed by atoms with Crippen molar-refractivity contribution in [3.63, 3.8) is 0 Å². The fraction of sp³-hybridized carbons (Fsp3) is 0.316. The van der Waals surface area contributed by atoms with Crippen LogP contribution in [0.3, 0.4) is 0 Å². The Morgan fingerprint density at radius 3 is 2.72 bits per heavy atom. The van der Waals surface area contributed by atoms with Gasteiger partial charge < -0.3 is 9.47 Å². The molecule has 4 rings (SSSR count). The number of nitrogens with zero attached hydrogens (tertiary/aromatic N) is 4. The zero-order chi connectivity index (χ0) is 17.4. The first kappa shape index (κ1) is 15.7. The second-order valence-corrected chi connectivity index (χ2v) is 6.40. The smallest absolute Gasteiger partial charge is 0.255 e. The van der Waals surface area contributed by atoms with Crippen molar-refractivity contribution in [3.8, 4) is 0 Å². The molecule has 0 N–H and O–H groups in total. The van der Waals surface area contributed by atoms with E-state index in [1.165, 1.54) is 12.1 Å². The monoisotopic (exact) mass is 338 g/mol. The molecule has 1 aliphatic carbocycles. The predicted octanol–water partition coefficient (Wildman–Crippen LogP) is 3.57. The lowest BCUT2D eigenvalue weighted by molar-refractivity contribution is 0.0752. The van der Waals surface area contributed by atoms with Crippen LogP contribution in [-0.4, -0.2) is 31.9 Å². The van der Waals surface area contributed by atoms with E-state index in [0.717, 1.165) is 29.6 Å². The summed E-state index contributed by atoms with van der Waals surface area (Å²) in [5.41, 5.74) is 3.00. The van der Waals surface area contributed by atoms with Crippen LogP contribution in [0.5, 0.6) is 0 Å². The van der Waals surface area contributed by atoms with Crippen molar-refractivity contribution in [2.45, 2.75) is 32.4 Å². The van der Waals surface area contributed by atoms with Crippen molar-refractivity contribution >= 4 is 17.1 Å². The van der Waals surface area contributed by atoms with E-state index < -0.39 is 0 Å². The molecule has 0 unspecified atom stereocenters. The van der Waals surface area contributed by atoms with E-state index in [2.05, 4.69) is 14.5 Å². The van der Waals surface area contributed by atoms with E-state index in [1.54, 1.807) is 35.6 Å². The van der Waals surface area contributed by atoms with Crippen LogP contribution in [0.2, 0.25) is 0 Å². The standard InChI is InChI=1S/C19H19FN4O/c1-2-23(11-13-3-5-15(20)6-4-13)19(25)14-9-17-18(21-10-14)24(12-22-17)16-7-8-16/h3-6,9-10,12,16H,2,7-8,11H2,1H3. The predicted molar refractivity (Wildman–Crippen MR) is 92.6 cm³/mol. The molecule has 1 saturated carbocycles. The molecule has 0 bridgehead atoms. The molecule has 1 aliphatic rings. The van der Waals surface area contributed by atoms with Crippen LogP contribution in [-0.2, 0) is 6.54 Å². The van der Waals surface area contributed by atoms with Crippen molar-refractivity contribution in [2.75, 3.05) is 6.54 Å². The summed E-state index contributed by atoms with van der Waals surface area (Å²) in [5, 5.41) is 0. The highest BCUT2D eigenvalue weighted by atomic mass is 19.1. The number of amides is 1. The van der Waals surface area contributed by atoms with Crippen LogP contribution in [0, 0.1) is 5.82 Å². The number of aromatic nitrogens is 3. The first-order chi connectivity index (χ1) is 12.2. The summed E-state index contributed by atoms with van der Waals surface area (Å²) >= 11 is 0. The molecule has 128 valence electrons. The minimum absolute atomic E-state index is 0.0952. The number of carbonyl (C=O) groups excluding carboxylic acids is 1. The SMILES string of the molecule is CCN(Cc1ccc(F)cc1)C(=O)c1cnc2c(c1)ncn2C1CC1. The molecule has 2 aromatic heterocycles. The average molecular weight is 338 g/mol. The van der Waals surface area contributed by atoms with Crippen molar-refractivity contribution in [1.29, 1.82) is 0 Å². The van der Waals surface area contributed by atoms with Gasteiger partial charge in [0.2, 0.25) is 0 Å². The number of pyridine rings is 1. The quantitative estimate of drug-likeness (QED) is 0.715. The van der Waals surface area contributed by atoms with Crippen molar-refractivity contribution in [2.24, 2.45) is 0 Å². The number of fused-ring (bicyclic) bond motifs is 1. The summed E-state index contributed by atoms with van der Waals surface area (Å²) in [6, 6.07) is 8.52. The van der Waals surface area contributed by atoms with Gasteiger partial charge in [0, 0.05) is 25.3 Å². The summed E-state index contributed by atoms with van der Waals surface area (Å²) in [4.78, 5) is 23.4. The summed E-state index contributed by atoms with van der Waals surface area (Å²) in [5.74, 6) is -0.374. The molecular weight excluding hydrogens is 319 g/mol. The zero-order valence-corrected chi connectivity index (χ0v) is 14.0. The average Bonchev–Trinajstić information content (AvgIpc) is 3.39. The van der Waals surface area contributed by atoms with Gasteiger partial charge in [0.25, 0.3) is 5.91 Å². The first-order valence-electron chi connectivity index (χ1n) is 8.52. The Bertz CT molecular complexity index is 915. The minimum Gasteiger partial charge on any atom is -0.335 e. The molecule has 1 aromatic carbocycles. The number of hydrogen-bond donors (Lipinski definition) is 0. The molecule has 2 heterocycles. The lowest BCUT2D eigenvalue weighted by Gasteiger charge is -2.21.